The van der Waals surface area contributed by atoms with Crippen LogP contribution in [0.25, 0.3) is 17.0 Å². The molecule has 5 rings (SSSR count). The van der Waals surface area contributed by atoms with Gasteiger partial charge in [-0.2, -0.15) is 15.3 Å². The molecule has 0 unspecified atom stereocenters. The SMILES string of the molecule is CCn1cc(Br)c(-c2ccnc3cc(C(=O)Nc4nn(Cc5ccc(Cl)cc5Cl)cc4Cl)nn23)n1. The van der Waals surface area contributed by atoms with E-state index in [2.05, 4.69) is 41.5 Å². The van der Waals surface area contributed by atoms with Crippen LogP contribution < -0.4 is 5.32 Å². The smallest absolute Gasteiger partial charge is 0.277 e. The first-order valence-electron chi connectivity index (χ1n) is 10.4. The first-order valence-corrected chi connectivity index (χ1v) is 12.3. The van der Waals surface area contributed by atoms with Crippen LogP contribution in [-0.4, -0.2) is 40.1 Å². The van der Waals surface area contributed by atoms with E-state index < -0.39 is 5.91 Å². The first kappa shape index (κ1) is 23.8. The molecule has 9 nitrogen and oxygen atoms in total. The number of nitrogens with zero attached hydrogens (tertiary/aromatic N) is 7. The minimum absolute atomic E-state index is 0.155. The van der Waals surface area contributed by atoms with Gasteiger partial charge < -0.3 is 5.32 Å². The van der Waals surface area contributed by atoms with E-state index in [0.29, 0.717) is 33.6 Å². The van der Waals surface area contributed by atoms with Gasteiger partial charge in [-0.25, -0.2) is 9.50 Å². The second kappa shape index (κ2) is 9.62. The number of aryl methyl sites for hydroxylation is 1. The first-order chi connectivity index (χ1) is 16.8. The van der Waals surface area contributed by atoms with E-state index in [1.807, 2.05) is 19.2 Å². The number of halogens is 4. The third kappa shape index (κ3) is 4.79. The molecular weight excluding hydrogens is 579 g/mol. The monoisotopic (exact) mass is 592 g/mol. The second-order valence-corrected chi connectivity index (χ2v) is 9.63. The molecule has 1 amide bonds. The van der Waals surface area contributed by atoms with Gasteiger partial charge in [-0.05, 0) is 46.6 Å². The van der Waals surface area contributed by atoms with Crippen LogP contribution in [0.15, 0.2) is 53.4 Å². The highest BCUT2D eigenvalue weighted by molar-refractivity contribution is 9.10. The number of hydrogen-bond donors (Lipinski definition) is 1. The molecule has 0 bridgehead atoms. The second-order valence-electron chi connectivity index (χ2n) is 7.52. The molecule has 0 atom stereocenters. The van der Waals surface area contributed by atoms with Crippen LogP contribution in [0.1, 0.15) is 23.0 Å². The highest BCUT2D eigenvalue weighted by Crippen LogP contribution is 2.28. The lowest BCUT2D eigenvalue weighted by molar-refractivity contribution is 0.102. The molecule has 178 valence electrons. The molecule has 4 heterocycles. The molecule has 0 aliphatic rings. The Morgan fingerprint density at radius 1 is 1.03 bits per heavy atom. The molecule has 0 saturated carbocycles. The number of amides is 1. The Hall–Kier alpha value is -2.92. The molecule has 5 aromatic rings. The quantitative estimate of drug-likeness (QED) is 0.267. The highest BCUT2D eigenvalue weighted by atomic mass is 79.9. The van der Waals surface area contributed by atoms with E-state index in [4.69, 9.17) is 34.8 Å². The topological polar surface area (TPSA) is 94.9 Å². The average Bonchev–Trinajstić information content (AvgIpc) is 3.52. The van der Waals surface area contributed by atoms with Gasteiger partial charge in [0.15, 0.2) is 17.2 Å². The number of anilines is 1. The van der Waals surface area contributed by atoms with Gasteiger partial charge in [-0.15, -0.1) is 0 Å². The zero-order valence-corrected chi connectivity index (χ0v) is 21.9. The van der Waals surface area contributed by atoms with Gasteiger partial charge in [0.2, 0.25) is 0 Å². The van der Waals surface area contributed by atoms with Crippen molar-refractivity contribution in [2.45, 2.75) is 20.0 Å². The van der Waals surface area contributed by atoms with Crippen molar-refractivity contribution >= 4 is 68.1 Å². The summed E-state index contributed by atoms with van der Waals surface area (Å²) in [7, 11) is 0. The number of aromatic nitrogens is 7. The molecule has 0 saturated heterocycles. The number of carbonyl (C=O) groups excluding carboxylic acids is 1. The number of carbonyl (C=O) groups is 1. The molecule has 35 heavy (non-hydrogen) atoms. The molecule has 1 aromatic carbocycles. The van der Waals surface area contributed by atoms with E-state index in [1.54, 1.807) is 50.5 Å². The summed E-state index contributed by atoms with van der Waals surface area (Å²) in [5.74, 6) is -0.271. The number of fused-ring (bicyclic) bond motifs is 1. The molecular formula is C22H16BrCl3N8O. The molecule has 4 aromatic heterocycles. The lowest BCUT2D eigenvalue weighted by Gasteiger charge is -2.05. The third-order valence-corrected chi connectivity index (χ3v) is 6.61. The van der Waals surface area contributed by atoms with E-state index in [-0.39, 0.29) is 16.5 Å². The van der Waals surface area contributed by atoms with Gasteiger partial charge in [-0.3, -0.25) is 14.2 Å². The summed E-state index contributed by atoms with van der Waals surface area (Å²) < 4.78 is 5.77. The Bertz CT molecular complexity index is 1570. The van der Waals surface area contributed by atoms with Gasteiger partial charge in [0.05, 0.1) is 16.7 Å². The summed E-state index contributed by atoms with van der Waals surface area (Å²) >= 11 is 22.1. The predicted octanol–water partition coefficient (Wildman–Crippen LogP) is 5.83. The van der Waals surface area contributed by atoms with Gasteiger partial charge in [0, 0.05) is 41.2 Å². The Balaban J connectivity index is 1.40. The van der Waals surface area contributed by atoms with Crippen LogP contribution in [0.3, 0.4) is 0 Å². The number of hydrogen-bond acceptors (Lipinski definition) is 5. The molecule has 1 N–H and O–H groups in total. The third-order valence-electron chi connectivity index (χ3n) is 5.17. The van der Waals surface area contributed by atoms with Crippen LogP contribution in [0.5, 0.6) is 0 Å². The van der Waals surface area contributed by atoms with Crippen molar-refractivity contribution in [1.82, 2.24) is 34.2 Å². The van der Waals surface area contributed by atoms with Crippen molar-refractivity contribution in [3.8, 4) is 11.4 Å². The van der Waals surface area contributed by atoms with E-state index >= 15 is 0 Å². The largest absolute Gasteiger partial charge is 0.302 e. The van der Waals surface area contributed by atoms with E-state index in [1.165, 1.54) is 0 Å². The summed E-state index contributed by atoms with van der Waals surface area (Å²) in [5.41, 5.74) is 2.85. The molecule has 0 radical (unpaired) electrons. The van der Waals surface area contributed by atoms with Gasteiger partial charge in [-0.1, -0.05) is 40.9 Å². The van der Waals surface area contributed by atoms with Gasteiger partial charge >= 0.3 is 0 Å². The molecule has 0 aliphatic heterocycles. The minimum atomic E-state index is -0.476. The molecule has 0 spiro atoms. The number of benzene rings is 1. The molecule has 0 aliphatic carbocycles. The van der Waals surface area contributed by atoms with Crippen LogP contribution in [0.2, 0.25) is 15.1 Å². The number of nitrogens with one attached hydrogen (secondary N) is 1. The fourth-order valence-corrected chi connectivity index (χ4v) is 4.66. The predicted molar refractivity (Wildman–Crippen MR) is 138 cm³/mol. The van der Waals surface area contributed by atoms with Crippen molar-refractivity contribution in [3.05, 3.63) is 79.7 Å². The summed E-state index contributed by atoms with van der Waals surface area (Å²) in [6.07, 6.45) is 5.13. The zero-order valence-electron chi connectivity index (χ0n) is 18.1. The maximum Gasteiger partial charge on any atom is 0.277 e. The van der Waals surface area contributed by atoms with Crippen molar-refractivity contribution in [2.24, 2.45) is 0 Å². The lowest BCUT2D eigenvalue weighted by atomic mass is 10.2. The highest BCUT2D eigenvalue weighted by Gasteiger charge is 2.19. The Labute approximate surface area is 222 Å². The summed E-state index contributed by atoms with van der Waals surface area (Å²) in [6, 6.07) is 8.58. The zero-order chi connectivity index (χ0) is 24.7. The number of rotatable bonds is 6. The summed E-state index contributed by atoms with van der Waals surface area (Å²) in [6.45, 7) is 3.07. The van der Waals surface area contributed by atoms with Crippen LogP contribution in [0, 0.1) is 0 Å². The van der Waals surface area contributed by atoms with Crippen molar-refractivity contribution in [1.29, 1.82) is 0 Å². The molecule has 13 heteroatoms. The van der Waals surface area contributed by atoms with Crippen molar-refractivity contribution < 1.29 is 4.79 Å². The van der Waals surface area contributed by atoms with Gasteiger partial charge in [0.25, 0.3) is 5.91 Å². The standard InChI is InChI=1S/C22H16BrCl3N8O/c1-2-32-10-14(23)20(30-32)18-5-6-27-19-8-17(29-34(18)19)22(35)28-21-16(26)11-33(31-21)9-12-3-4-13(24)7-15(12)25/h3-8,10-11H,2,9H2,1H3,(H,28,31,35). The van der Waals surface area contributed by atoms with E-state index in [9.17, 15) is 4.79 Å². The summed E-state index contributed by atoms with van der Waals surface area (Å²) in [4.78, 5) is 17.3. The van der Waals surface area contributed by atoms with Crippen molar-refractivity contribution in [2.75, 3.05) is 5.32 Å². The maximum absolute atomic E-state index is 13.0. The van der Waals surface area contributed by atoms with Crippen LogP contribution >= 0.6 is 50.7 Å². The average molecular weight is 595 g/mol. The fourth-order valence-electron chi connectivity index (χ4n) is 3.48. The summed E-state index contributed by atoms with van der Waals surface area (Å²) in [5, 5.41) is 17.4. The Morgan fingerprint density at radius 3 is 2.60 bits per heavy atom. The normalized spacial score (nSPS) is 11.3. The Morgan fingerprint density at radius 2 is 1.86 bits per heavy atom. The van der Waals surface area contributed by atoms with Crippen LogP contribution in [-0.2, 0) is 13.1 Å². The van der Waals surface area contributed by atoms with Crippen molar-refractivity contribution in [3.63, 3.8) is 0 Å². The van der Waals surface area contributed by atoms with Crippen LogP contribution in [0.4, 0.5) is 5.82 Å². The van der Waals surface area contributed by atoms with E-state index in [0.717, 1.165) is 16.6 Å². The fraction of sp³-hybridized carbons (Fsp3) is 0.136. The lowest BCUT2D eigenvalue weighted by Crippen LogP contribution is -2.14. The molecule has 0 fully saturated rings. The minimum Gasteiger partial charge on any atom is -0.302 e. The van der Waals surface area contributed by atoms with Gasteiger partial charge in [0.1, 0.15) is 10.7 Å². The maximum atomic E-state index is 13.0. The Kier molecular flexibility index (Phi) is 6.54.